The summed E-state index contributed by atoms with van der Waals surface area (Å²) in [6.07, 6.45) is 0.993. The average Bonchev–Trinajstić information content (AvgIpc) is 2.50. The van der Waals surface area contributed by atoms with Crippen LogP contribution in [-0.4, -0.2) is 58.2 Å². The van der Waals surface area contributed by atoms with Gasteiger partial charge < -0.3 is 10.2 Å². The summed E-state index contributed by atoms with van der Waals surface area (Å²) in [7, 11) is 0. The molecule has 122 valence electrons. The monoisotopic (exact) mass is 326 g/mol. The number of carbonyl (C=O) groups is 1. The molecule has 1 aromatic carbocycles. The molecular weight excluding hydrogens is 304 g/mol. The number of halogens is 1. The van der Waals surface area contributed by atoms with Crippen LogP contribution in [0.2, 0.25) is 5.02 Å². The van der Waals surface area contributed by atoms with E-state index in [1.807, 2.05) is 4.90 Å². The zero-order chi connectivity index (χ0) is 16.3. The number of piperazine rings is 1. The molecule has 1 saturated heterocycles. The lowest BCUT2D eigenvalue weighted by Gasteiger charge is -2.43. The Balaban J connectivity index is 2.25. The van der Waals surface area contributed by atoms with Crippen LogP contribution in [0, 0.1) is 0 Å². The number of benzene rings is 1. The lowest BCUT2D eigenvalue weighted by molar-refractivity contribution is -0.145. The van der Waals surface area contributed by atoms with Crippen molar-refractivity contribution in [3.8, 4) is 5.75 Å². The van der Waals surface area contributed by atoms with E-state index in [9.17, 15) is 15.0 Å². The van der Waals surface area contributed by atoms with Gasteiger partial charge in [0.15, 0.2) is 0 Å². The van der Waals surface area contributed by atoms with Gasteiger partial charge in [-0.05, 0) is 30.7 Å². The number of hydrogen-bond donors (Lipinski definition) is 2. The Morgan fingerprint density at radius 2 is 2.14 bits per heavy atom. The molecular formula is C16H23ClN2O3. The van der Waals surface area contributed by atoms with Crippen molar-refractivity contribution in [2.24, 2.45) is 0 Å². The van der Waals surface area contributed by atoms with Gasteiger partial charge in [-0.2, -0.15) is 0 Å². The number of phenolic OH excluding ortho intramolecular Hbond substituents is 1. The molecule has 22 heavy (non-hydrogen) atoms. The van der Waals surface area contributed by atoms with Crippen LogP contribution in [0.3, 0.4) is 0 Å². The summed E-state index contributed by atoms with van der Waals surface area (Å²) in [5.41, 5.74) is 0.607. The van der Waals surface area contributed by atoms with Gasteiger partial charge in [0, 0.05) is 25.7 Å². The molecule has 2 atom stereocenters. The first kappa shape index (κ1) is 17.1. The van der Waals surface area contributed by atoms with Gasteiger partial charge in [-0.25, -0.2) is 0 Å². The normalized spacial score (nSPS) is 21.7. The molecule has 1 aromatic rings. The molecule has 2 rings (SSSR count). The fraction of sp³-hybridized carbons (Fsp3) is 0.562. The smallest absolute Gasteiger partial charge is 0.325 e. The van der Waals surface area contributed by atoms with Crippen LogP contribution in [-0.2, 0) is 4.79 Å². The zero-order valence-corrected chi connectivity index (χ0v) is 13.8. The molecule has 2 N–H and O–H groups in total. The maximum absolute atomic E-state index is 11.8. The number of carboxylic acid groups (broad SMARTS) is 1. The fourth-order valence-electron chi connectivity index (χ4n) is 3.16. The van der Waals surface area contributed by atoms with Crippen molar-refractivity contribution in [1.82, 2.24) is 9.80 Å². The molecule has 0 aromatic heterocycles. The second-order valence-electron chi connectivity index (χ2n) is 5.64. The first-order valence-electron chi connectivity index (χ1n) is 7.67. The second kappa shape index (κ2) is 7.31. The van der Waals surface area contributed by atoms with Crippen molar-refractivity contribution in [2.75, 3.05) is 26.2 Å². The van der Waals surface area contributed by atoms with Gasteiger partial charge in [-0.15, -0.1) is 0 Å². The van der Waals surface area contributed by atoms with E-state index in [0.29, 0.717) is 18.2 Å². The zero-order valence-electron chi connectivity index (χ0n) is 13.0. The van der Waals surface area contributed by atoms with Crippen LogP contribution in [0.5, 0.6) is 5.75 Å². The van der Waals surface area contributed by atoms with E-state index < -0.39 is 12.0 Å². The molecule has 0 bridgehead atoms. The van der Waals surface area contributed by atoms with Crippen molar-refractivity contribution in [3.63, 3.8) is 0 Å². The van der Waals surface area contributed by atoms with Gasteiger partial charge in [-0.1, -0.05) is 31.5 Å². The third-order valence-corrected chi connectivity index (χ3v) is 4.70. The summed E-state index contributed by atoms with van der Waals surface area (Å²) in [5.74, 6) is -0.918. The van der Waals surface area contributed by atoms with Gasteiger partial charge >= 0.3 is 5.97 Å². The number of aliphatic carboxylic acids is 1. The second-order valence-corrected chi connectivity index (χ2v) is 6.04. The SMILES string of the molecule is CCC1CN(C(C(=O)O)c2ccc(O)c(Cl)c2)CCN1CC. The number of aromatic hydroxyl groups is 1. The molecule has 0 saturated carbocycles. The van der Waals surface area contributed by atoms with E-state index >= 15 is 0 Å². The Bertz CT molecular complexity index is 538. The molecule has 0 spiro atoms. The molecule has 0 aliphatic carbocycles. The number of nitrogens with zero attached hydrogens (tertiary/aromatic N) is 2. The highest BCUT2D eigenvalue weighted by Gasteiger charge is 2.33. The Morgan fingerprint density at radius 3 is 2.68 bits per heavy atom. The first-order chi connectivity index (χ1) is 10.5. The van der Waals surface area contributed by atoms with Gasteiger partial charge in [0.05, 0.1) is 5.02 Å². The van der Waals surface area contributed by atoms with Crippen molar-refractivity contribution >= 4 is 17.6 Å². The molecule has 0 amide bonds. The van der Waals surface area contributed by atoms with E-state index in [1.54, 1.807) is 12.1 Å². The quantitative estimate of drug-likeness (QED) is 0.870. The maximum Gasteiger partial charge on any atom is 0.325 e. The standard InChI is InChI=1S/C16H23ClN2O3/c1-3-12-10-19(8-7-18(12)4-2)15(16(21)22)11-5-6-14(20)13(17)9-11/h5-6,9,12,15,20H,3-4,7-8,10H2,1-2H3,(H,21,22). The summed E-state index contributed by atoms with van der Waals surface area (Å²) in [5, 5.41) is 19.4. The van der Waals surface area contributed by atoms with E-state index in [-0.39, 0.29) is 10.8 Å². The van der Waals surface area contributed by atoms with Crippen LogP contribution >= 0.6 is 11.6 Å². The molecule has 0 radical (unpaired) electrons. The predicted molar refractivity (Wildman–Crippen MR) is 86.4 cm³/mol. The molecule has 1 heterocycles. The Labute approximate surface area is 136 Å². The topological polar surface area (TPSA) is 64.0 Å². The lowest BCUT2D eigenvalue weighted by Crippen LogP contribution is -2.54. The third kappa shape index (κ3) is 3.54. The van der Waals surface area contributed by atoms with E-state index in [1.165, 1.54) is 6.07 Å². The summed E-state index contributed by atoms with van der Waals surface area (Å²) in [6, 6.07) is 4.27. The molecule has 6 heteroatoms. The van der Waals surface area contributed by atoms with Crippen molar-refractivity contribution in [3.05, 3.63) is 28.8 Å². The third-order valence-electron chi connectivity index (χ3n) is 4.40. The molecule has 1 aliphatic heterocycles. The maximum atomic E-state index is 11.8. The summed E-state index contributed by atoms with van der Waals surface area (Å²) in [4.78, 5) is 16.2. The Kier molecular flexibility index (Phi) is 5.67. The molecule has 1 fully saturated rings. The highest BCUT2D eigenvalue weighted by atomic mass is 35.5. The van der Waals surface area contributed by atoms with Crippen LogP contribution in [0.15, 0.2) is 18.2 Å². The van der Waals surface area contributed by atoms with Crippen molar-refractivity contribution < 1.29 is 15.0 Å². The fourth-order valence-corrected chi connectivity index (χ4v) is 3.35. The summed E-state index contributed by atoms with van der Waals surface area (Å²) < 4.78 is 0. The Morgan fingerprint density at radius 1 is 1.41 bits per heavy atom. The largest absolute Gasteiger partial charge is 0.506 e. The summed E-state index contributed by atoms with van der Waals surface area (Å²) >= 11 is 5.93. The predicted octanol–water partition coefficient (Wildman–Crippen LogP) is 2.59. The van der Waals surface area contributed by atoms with Gasteiger partial charge in [0.25, 0.3) is 0 Å². The van der Waals surface area contributed by atoms with Gasteiger partial charge in [0.2, 0.25) is 0 Å². The minimum atomic E-state index is -0.887. The number of hydrogen-bond acceptors (Lipinski definition) is 4. The minimum absolute atomic E-state index is 0.0307. The first-order valence-corrected chi connectivity index (χ1v) is 8.05. The number of likely N-dealkylation sites (N-methyl/N-ethyl adjacent to an activating group) is 1. The van der Waals surface area contributed by atoms with Crippen molar-refractivity contribution in [2.45, 2.75) is 32.4 Å². The lowest BCUT2D eigenvalue weighted by atomic mass is 10.0. The van der Waals surface area contributed by atoms with Crippen LogP contribution in [0.25, 0.3) is 0 Å². The number of carboxylic acids is 1. The molecule has 1 aliphatic rings. The van der Waals surface area contributed by atoms with Crippen molar-refractivity contribution in [1.29, 1.82) is 0 Å². The summed E-state index contributed by atoms with van der Waals surface area (Å²) in [6.45, 7) is 7.54. The Hall–Kier alpha value is -1.30. The van der Waals surface area contributed by atoms with Crippen LogP contribution in [0.1, 0.15) is 31.9 Å². The molecule has 2 unspecified atom stereocenters. The van der Waals surface area contributed by atoms with Crippen LogP contribution in [0.4, 0.5) is 0 Å². The highest BCUT2D eigenvalue weighted by molar-refractivity contribution is 6.32. The molecule has 5 nitrogen and oxygen atoms in total. The van der Waals surface area contributed by atoms with Gasteiger partial charge in [-0.3, -0.25) is 14.6 Å². The number of rotatable bonds is 5. The van der Waals surface area contributed by atoms with Crippen LogP contribution < -0.4 is 0 Å². The minimum Gasteiger partial charge on any atom is -0.506 e. The van der Waals surface area contributed by atoms with E-state index in [0.717, 1.165) is 26.1 Å². The average molecular weight is 327 g/mol. The van der Waals surface area contributed by atoms with E-state index in [4.69, 9.17) is 11.6 Å². The number of phenols is 1. The van der Waals surface area contributed by atoms with Gasteiger partial charge in [0.1, 0.15) is 11.8 Å². The highest BCUT2D eigenvalue weighted by Crippen LogP contribution is 2.31. The van der Waals surface area contributed by atoms with E-state index in [2.05, 4.69) is 18.7 Å².